The molecule has 0 saturated carbocycles. The zero-order chi connectivity index (χ0) is 29.1. The number of hydrogen-bond donors (Lipinski definition) is 2. The van der Waals surface area contributed by atoms with Crippen molar-refractivity contribution in [2.24, 2.45) is 0 Å². The molecule has 0 fully saturated rings. The number of nitrogens with zero attached hydrogens (tertiary/aromatic N) is 4. The predicted molar refractivity (Wildman–Crippen MR) is 144 cm³/mol. The molecule has 1 aliphatic rings. The molecule has 11 heteroatoms. The van der Waals surface area contributed by atoms with Crippen LogP contribution in [-0.4, -0.2) is 66.3 Å². The molecule has 0 bridgehead atoms. The van der Waals surface area contributed by atoms with E-state index < -0.39 is 34.5 Å². The molecule has 210 valence electrons. The first-order valence-electron chi connectivity index (χ1n) is 12.5. The Hall–Kier alpha value is -3.28. The molecule has 0 saturated heterocycles. The Labute approximate surface area is 225 Å². The number of hydrogen-bond acceptors (Lipinski definition) is 7. The molecule has 0 radical (unpaired) electrons. The van der Waals surface area contributed by atoms with Gasteiger partial charge in [-0.1, -0.05) is 12.1 Å². The monoisotopic (exact) mass is 545 g/mol. The number of carbonyl (C=O) groups is 1. The number of anilines is 2. The standard InChI is InChI=1S/C28H34F3N5O3/c1-15(17-10-9-11-19(23(17)29)28(30,31)26(3,38)14-35(5)6)32-24-18-12-22-20(13-21(18)33-16(2)34-24)27(4,39-8)25(37)36(22)7/h9-13,15,38H,14H2,1-8H3,(H,32,33,34)/t15-,26+,27+/m1/s1. The summed E-state index contributed by atoms with van der Waals surface area (Å²) >= 11 is 0. The van der Waals surface area contributed by atoms with E-state index in [2.05, 4.69) is 15.3 Å². The lowest BCUT2D eigenvalue weighted by Crippen LogP contribution is -2.50. The van der Waals surface area contributed by atoms with Gasteiger partial charge in [-0.15, -0.1) is 0 Å². The van der Waals surface area contributed by atoms with Crippen molar-refractivity contribution in [1.82, 2.24) is 14.9 Å². The number of ether oxygens (including phenoxy) is 1. The second-order valence-corrected chi connectivity index (χ2v) is 10.8. The van der Waals surface area contributed by atoms with Gasteiger partial charge in [-0.25, -0.2) is 14.4 Å². The summed E-state index contributed by atoms with van der Waals surface area (Å²) in [5, 5.41) is 14.3. The van der Waals surface area contributed by atoms with Gasteiger partial charge < -0.3 is 25.0 Å². The highest BCUT2D eigenvalue weighted by atomic mass is 19.3. The number of aromatic nitrogens is 2. The van der Waals surface area contributed by atoms with Crippen LogP contribution in [-0.2, 0) is 21.1 Å². The van der Waals surface area contributed by atoms with Crippen LogP contribution in [0.15, 0.2) is 30.3 Å². The molecular weight excluding hydrogens is 511 g/mol. The van der Waals surface area contributed by atoms with E-state index in [1.807, 2.05) is 0 Å². The number of halogens is 3. The Kier molecular flexibility index (Phi) is 7.16. The fraction of sp³-hybridized carbons (Fsp3) is 0.464. The van der Waals surface area contributed by atoms with Crippen LogP contribution in [0.4, 0.5) is 24.7 Å². The van der Waals surface area contributed by atoms with Gasteiger partial charge >= 0.3 is 5.92 Å². The van der Waals surface area contributed by atoms with Crippen molar-refractivity contribution in [2.75, 3.05) is 45.0 Å². The second-order valence-electron chi connectivity index (χ2n) is 10.8. The molecular formula is C28H34F3N5O3. The van der Waals surface area contributed by atoms with Gasteiger partial charge in [0.15, 0.2) is 5.60 Å². The lowest BCUT2D eigenvalue weighted by Gasteiger charge is -2.35. The van der Waals surface area contributed by atoms with E-state index in [9.17, 15) is 9.90 Å². The Morgan fingerprint density at radius 3 is 2.54 bits per heavy atom. The van der Waals surface area contributed by atoms with Crippen molar-refractivity contribution in [2.45, 2.75) is 50.9 Å². The number of fused-ring (bicyclic) bond motifs is 2. The van der Waals surface area contributed by atoms with E-state index in [-0.39, 0.29) is 18.0 Å². The average molecular weight is 546 g/mol. The summed E-state index contributed by atoms with van der Waals surface area (Å²) in [7, 11) is 6.22. The van der Waals surface area contributed by atoms with Gasteiger partial charge in [0.25, 0.3) is 5.91 Å². The van der Waals surface area contributed by atoms with Gasteiger partial charge in [0.1, 0.15) is 23.1 Å². The highest BCUT2D eigenvalue weighted by Gasteiger charge is 2.52. The van der Waals surface area contributed by atoms with Gasteiger partial charge in [-0.2, -0.15) is 8.78 Å². The zero-order valence-electron chi connectivity index (χ0n) is 23.4. The highest BCUT2D eigenvalue weighted by Crippen LogP contribution is 2.45. The van der Waals surface area contributed by atoms with Crippen LogP contribution in [0, 0.1) is 12.7 Å². The third-order valence-electron chi connectivity index (χ3n) is 7.41. The minimum Gasteiger partial charge on any atom is -0.382 e. The average Bonchev–Trinajstić information content (AvgIpc) is 3.03. The number of alkyl halides is 2. The van der Waals surface area contributed by atoms with Gasteiger partial charge in [0, 0.05) is 37.2 Å². The van der Waals surface area contributed by atoms with Crippen LogP contribution in [0.1, 0.15) is 49.3 Å². The Bertz CT molecular complexity index is 1450. The summed E-state index contributed by atoms with van der Waals surface area (Å²) in [6, 6.07) is 6.50. The van der Waals surface area contributed by atoms with Crippen molar-refractivity contribution >= 4 is 28.3 Å². The molecule has 0 aliphatic carbocycles. The molecule has 2 aromatic carbocycles. The number of aliphatic hydroxyl groups is 1. The minimum atomic E-state index is -3.86. The lowest BCUT2D eigenvalue weighted by molar-refractivity contribution is -0.186. The van der Waals surface area contributed by atoms with Crippen molar-refractivity contribution in [1.29, 1.82) is 0 Å². The van der Waals surface area contributed by atoms with Crippen LogP contribution >= 0.6 is 0 Å². The van der Waals surface area contributed by atoms with E-state index in [1.165, 1.54) is 29.0 Å². The molecule has 3 atom stereocenters. The molecule has 2 N–H and O–H groups in total. The van der Waals surface area contributed by atoms with Crippen molar-refractivity contribution in [3.8, 4) is 0 Å². The zero-order valence-corrected chi connectivity index (χ0v) is 23.4. The second kappa shape index (κ2) is 9.72. The van der Waals surface area contributed by atoms with Gasteiger partial charge in [-0.05, 0) is 60.0 Å². The first-order valence-corrected chi connectivity index (χ1v) is 12.5. The van der Waals surface area contributed by atoms with E-state index >= 15 is 13.2 Å². The molecule has 0 unspecified atom stereocenters. The summed E-state index contributed by atoms with van der Waals surface area (Å²) in [5.41, 5.74) is -2.75. The fourth-order valence-electron chi connectivity index (χ4n) is 5.21. The Morgan fingerprint density at radius 2 is 1.92 bits per heavy atom. The normalized spacial score (nSPS) is 19.9. The molecule has 1 amide bonds. The number of methoxy groups -OCH3 is 1. The molecule has 8 nitrogen and oxygen atoms in total. The van der Waals surface area contributed by atoms with Crippen LogP contribution in [0.3, 0.4) is 0 Å². The number of likely N-dealkylation sites (N-methyl/N-ethyl adjacent to an activating group) is 2. The van der Waals surface area contributed by atoms with E-state index in [0.29, 0.717) is 33.8 Å². The Balaban J connectivity index is 1.76. The van der Waals surface area contributed by atoms with Crippen LogP contribution in [0.25, 0.3) is 10.9 Å². The van der Waals surface area contributed by atoms with Gasteiger partial charge in [-0.3, -0.25) is 4.79 Å². The maximum Gasteiger partial charge on any atom is 0.305 e. The van der Waals surface area contributed by atoms with Crippen LogP contribution in [0.2, 0.25) is 0 Å². The van der Waals surface area contributed by atoms with Crippen LogP contribution in [0.5, 0.6) is 0 Å². The number of benzene rings is 2. The van der Waals surface area contributed by atoms with Gasteiger partial charge in [0.2, 0.25) is 0 Å². The summed E-state index contributed by atoms with van der Waals surface area (Å²) in [4.78, 5) is 24.8. The Morgan fingerprint density at radius 1 is 1.26 bits per heavy atom. The number of amides is 1. The number of rotatable bonds is 8. The first kappa shape index (κ1) is 28.7. The van der Waals surface area contributed by atoms with Gasteiger partial charge in [0.05, 0.1) is 22.8 Å². The SMILES string of the molecule is CO[C@]1(C)C(=O)N(C)c2cc3c(N[C@H](C)c4cccc(C(F)(F)[C@@](C)(O)CN(C)C)c4F)nc(C)nc3cc21. The molecule has 0 spiro atoms. The summed E-state index contributed by atoms with van der Waals surface area (Å²) in [6.07, 6.45) is 0. The number of aryl methyl sites for hydroxylation is 1. The van der Waals surface area contributed by atoms with Crippen molar-refractivity contribution in [3.63, 3.8) is 0 Å². The van der Waals surface area contributed by atoms with E-state index in [1.54, 1.807) is 54.0 Å². The molecule has 1 aromatic heterocycles. The van der Waals surface area contributed by atoms with Crippen LogP contribution < -0.4 is 10.2 Å². The number of carbonyl (C=O) groups excluding carboxylic acids is 1. The third kappa shape index (κ3) is 4.62. The highest BCUT2D eigenvalue weighted by molar-refractivity contribution is 6.09. The molecule has 3 aromatic rings. The van der Waals surface area contributed by atoms with E-state index in [4.69, 9.17) is 4.74 Å². The minimum absolute atomic E-state index is 0.0161. The number of nitrogens with one attached hydrogen (secondary N) is 1. The predicted octanol–water partition coefficient (Wildman–Crippen LogP) is 4.49. The third-order valence-corrected chi connectivity index (χ3v) is 7.41. The first-order chi connectivity index (χ1) is 18.0. The summed E-state index contributed by atoms with van der Waals surface area (Å²) in [6.45, 7) is 5.65. The smallest absolute Gasteiger partial charge is 0.305 e. The molecule has 1 aliphatic heterocycles. The maximum atomic E-state index is 15.6. The lowest BCUT2D eigenvalue weighted by atomic mass is 9.89. The summed E-state index contributed by atoms with van der Waals surface area (Å²) < 4.78 is 52.0. The summed E-state index contributed by atoms with van der Waals surface area (Å²) in [5.74, 6) is -4.42. The topological polar surface area (TPSA) is 90.8 Å². The molecule has 2 heterocycles. The fourth-order valence-corrected chi connectivity index (χ4v) is 5.21. The molecule has 4 rings (SSSR count). The quantitative estimate of drug-likeness (QED) is 0.431. The molecule has 39 heavy (non-hydrogen) atoms. The van der Waals surface area contributed by atoms with E-state index in [0.717, 1.165) is 13.0 Å². The van der Waals surface area contributed by atoms with Crippen molar-refractivity contribution < 1.29 is 27.8 Å². The maximum absolute atomic E-state index is 15.6. The van der Waals surface area contributed by atoms with Crippen molar-refractivity contribution in [3.05, 3.63) is 58.7 Å². The largest absolute Gasteiger partial charge is 0.382 e.